The van der Waals surface area contributed by atoms with E-state index in [0.29, 0.717) is 24.6 Å². The van der Waals surface area contributed by atoms with Gasteiger partial charge in [0.15, 0.2) is 0 Å². The molecular weight excluding hydrogens is 358 g/mol. The Morgan fingerprint density at radius 1 is 1.40 bits per heavy atom. The monoisotopic (exact) mass is 381 g/mol. The molecule has 5 nitrogen and oxygen atoms in total. The Bertz CT molecular complexity index is 840. The van der Waals surface area contributed by atoms with Crippen molar-refractivity contribution in [3.63, 3.8) is 0 Å². The van der Waals surface area contributed by atoms with E-state index < -0.39 is 10.0 Å². The standard InChI is InChI=1S/C18H24ClN3O2S/c1-17(2)10-18(11-21(3)4)12-22(9-16(17)18)25(23,24)15-6-5-13(8-20)7-14(15)19/h5-7,16H,9-12H2,1-4H3/t16-,18+/m1/s1. The largest absolute Gasteiger partial charge is 0.309 e. The fraction of sp³-hybridized carbons (Fsp3) is 0.611. The summed E-state index contributed by atoms with van der Waals surface area (Å²) in [7, 11) is 0.396. The van der Waals surface area contributed by atoms with Crippen LogP contribution in [0.4, 0.5) is 0 Å². The average Bonchev–Trinajstić information content (AvgIpc) is 2.81. The summed E-state index contributed by atoms with van der Waals surface area (Å²) in [6, 6.07) is 6.34. The molecule has 0 amide bonds. The van der Waals surface area contributed by atoms with Gasteiger partial charge in [-0.3, -0.25) is 0 Å². The van der Waals surface area contributed by atoms with E-state index in [1.165, 1.54) is 18.2 Å². The number of sulfonamides is 1. The van der Waals surface area contributed by atoms with E-state index in [-0.39, 0.29) is 20.7 Å². The van der Waals surface area contributed by atoms with Gasteiger partial charge in [-0.2, -0.15) is 9.57 Å². The van der Waals surface area contributed by atoms with E-state index >= 15 is 0 Å². The smallest absolute Gasteiger partial charge is 0.244 e. The van der Waals surface area contributed by atoms with Crippen molar-refractivity contribution in [2.75, 3.05) is 33.7 Å². The molecule has 7 heteroatoms. The van der Waals surface area contributed by atoms with Crippen molar-refractivity contribution in [2.24, 2.45) is 16.7 Å². The number of rotatable bonds is 4. The molecular formula is C18H24ClN3O2S. The van der Waals surface area contributed by atoms with Crippen molar-refractivity contribution in [2.45, 2.75) is 25.2 Å². The lowest BCUT2D eigenvalue weighted by molar-refractivity contribution is -0.0789. The van der Waals surface area contributed by atoms with Crippen LogP contribution in [0.25, 0.3) is 0 Å². The van der Waals surface area contributed by atoms with Gasteiger partial charge in [-0.25, -0.2) is 8.42 Å². The summed E-state index contributed by atoms with van der Waals surface area (Å²) in [5, 5.41) is 9.06. The Morgan fingerprint density at radius 3 is 2.60 bits per heavy atom. The SMILES string of the molecule is CN(C)C[C@@]12CN(S(=O)(=O)c3ccc(C#N)cc3Cl)C[C@@H]1C(C)(C)C2. The lowest BCUT2D eigenvalue weighted by atomic mass is 9.48. The van der Waals surface area contributed by atoms with Crippen LogP contribution in [0.5, 0.6) is 0 Å². The molecule has 1 heterocycles. The fourth-order valence-electron chi connectivity index (χ4n) is 5.03. The molecule has 1 aromatic rings. The minimum Gasteiger partial charge on any atom is -0.309 e. The Balaban J connectivity index is 1.94. The van der Waals surface area contributed by atoms with Crippen LogP contribution in [0.15, 0.2) is 23.1 Å². The van der Waals surface area contributed by atoms with Crippen molar-refractivity contribution in [1.82, 2.24) is 9.21 Å². The van der Waals surface area contributed by atoms with Crippen LogP contribution in [0.2, 0.25) is 5.02 Å². The van der Waals surface area contributed by atoms with Crippen LogP contribution in [-0.4, -0.2) is 51.4 Å². The molecule has 3 rings (SSSR count). The predicted octanol–water partition coefficient (Wildman–Crippen LogP) is 2.81. The second kappa shape index (κ2) is 5.95. The number of halogens is 1. The molecule has 0 unspecified atom stereocenters. The molecule has 136 valence electrons. The highest BCUT2D eigenvalue weighted by Crippen LogP contribution is 2.63. The van der Waals surface area contributed by atoms with Crippen molar-refractivity contribution >= 4 is 21.6 Å². The van der Waals surface area contributed by atoms with Gasteiger partial charge in [-0.05, 0) is 50.0 Å². The zero-order chi connectivity index (χ0) is 18.6. The predicted molar refractivity (Wildman–Crippen MR) is 97.8 cm³/mol. The lowest BCUT2D eigenvalue weighted by Gasteiger charge is -2.57. The zero-order valence-corrected chi connectivity index (χ0v) is 16.7. The van der Waals surface area contributed by atoms with Gasteiger partial charge in [-0.15, -0.1) is 0 Å². The van der Waals surface area contributed by atoms with Gasteiger partial charge in [0.2, 0.25) is 10.0 Å². The number of nitriles is 1. The highest BCUT2D eigenvalue weighted by molar-refractivity contribution is 7.89. The molecule has 0 aromatic heterocycles. The number of hydrogen-bond donors (Lipinski definition) is 0. The zero-order valence-electron chi connectivity index (χ0n) is 15.1. The van der Waals surface area contributed by atoms with Crippen LogP contribution in [0.1, 0.15) is 25.8 Å². The van der Waals surface area contributed by atoms with E-state index in [1.54, 1.807) is 4.31 Å². The van der Waals surface area contributed by atoms with E-state index in [9.17, 15) is 8.42 Å². The first kappa shape index (κ1) is 18.7. The van der Waals surface area contributed by atoms with Crippen molar-refractivity contribution in [3.8, 4) is 6.07 Å². The van der Waals surface area contributed by atoms with Gasteiger partial charge < -0.3 is 4.90 Å². The minimum atomic E-state index is -3.67. The number of hydrogen-bond acceptors (Lipinski definition) is 4. The molecule has 2 atom stereocenters. The van der Waals surface area contributed by atoms with Crippen LogP contribution in [0, 0.1) is 28.1 Å². The summed E-state index contributed by atoms with van der Waals surface area (Å²) in [6.45, 7) is 6.37. The minimum absolute atomic E-state index is 0.0130. The summed E-state index contributed by atoms with van der Waals surface area (Å²) in [5.41, 5.74) is 0.518. The van der Waals surface area contributed by atoms with Crippen molar-refractivity contribution in [1.29, 1.82) is 5.26 Å². The maximum atomic E-state index is 13.2. The van der Waals surface area contributed by atoms with Crippen LogP contribution in [-0.2, 0) is 10.0 Å². The molecule has 1 aromatic carbocycles. The van der Waals surface area contributed by atoms with Gasteiger partial charge in [-0.1, -0.05) is 25.4 Å². The Labute approximate surface area is 155 Å². The van der Waals surface area contributed by atoms with E-state index in [2.05, 4.69) is 18.7 Å². The second-order valence-electron chi connectivity index (χ2n) is 8.37. The summed E-state index contributed by atoms with van der Waals surface area (Å²) in [5.74, 6) is 0.342. The van der Waals surface area contributed by atoms with Crippen molar-refractivity contribution in [3.05, 3.63) is 28.8 Å². The third-order valence-electron chi connectivity index (χ3n) is 5.68. The first-order chi connectivity index (χ1) is 11.5. The van der Waals surface area contributed by atoms with Crippen LogP contribution < -0.4 is 0 Å². The highest BCUT2D eigenvalue weighted by atomic mass is 35.5. The second-order valence-corrected chi connectivity index (χ2v) is 10.7. The molecule has 2 aliphatic rings. The van der Waals surface area contributed by atoms with Gasteiger partial charge in [0.25, 0.3) is 0 Å². The molecule has 1 aliphatic heterocycles. The number of benzene rings is 1. The number of nitrogens with zero attached hydrogens (tertiary/aromatic N) is 3. The first-order valence-corrected chi connectivity index (χ1v) is 10.2. The van der Waals surface area contributed by atoms with Gasteiger partial charge in [0.05, 0.1) is 16.7 Å². The molecule has 0 spiro atoms. The molecule has 2 fully saturated rings. The Morgan fingerprint density at radius 2 is 2.08 bits per heavy atom. The summed E-state index contributed by atoms with van der Waals surface area (Å²) in [4.78, 5) is 2.24. The fourth-order valence-corrected chi connectivity index (χ4v) is 7.09. The molecule has 0 bridgehead atoms. The normalized spacial score (nSPS) is 28.4. The Kier molecular flexibility index (Phi) is 4.44. The summed E-state index contributed by atoms with van der Waals surface area (Å²) < 4.78 is 27.9. The maximum absolute atomic E-state index is 13.2. The van der Waals surface area contributed by atoms with Gasteiger partial charge >= 0.3 is 0 Å². The topological polar surface area (TPSA) is 64.4 Å². The van der Waals surface area contributed by atoms with E-state index in [0.717, 1.165) is 13.0 Å². The molecule has 1 aliphatic carbocycles. The summed E-state index contributed by atoms with van der Waals surface area (Å²) in [6.07, 6.45) is 1.02. The van der Waals surface area contributed by atoms with E-state index in [4.69, 9.17) is 16.9 Å². The lowest BCUT2D eigenvalue weighted by Crippen LogP contribution is -2.57. The quantitative estimate of drug-likeness (QED) is 0.804. The molecule has 1 saturated carbocycles. The van der Waals surface area contributed by atoms with Gasteiger partial charge in [0.1, 0.15) is 4.90 Å². The molecule has 25 heavy (non-hydrogen) atoms. The third-order valence-corrected chi connectivity index (χ3v) is 7.97. The van der Waals surface area contributed by atoms with Crippen LogP contribution in [0.3, 0.4) is 0 Å². The van der Waals surface area contributed by atoms with Gasteiger partial charge in [0, 0.05) is 25.0 Å². The molecule has 0 N–H and O–H groups in total. The third kappa shape index (κ3) is 2.97. The van der Waals surface area contributed by atoms with Crippen LogP contribution >= 0.6 is 11.6 Å². The maximum Gasteiger partial charge on any atom is 0.244 e. The molecule has 1 saturated heterocycles. The first-order valence-electron chi connectivity index (χ1n) is 8.36. The Hall–Kier alpha value is -1.13. The number of fused-ring (bicyclic) bond motifs is 1. The van der Waals surface area contributed by atoms with E-state index in [1.807, 2.05) is 20.2 Å². The summed E-state index contributed by atoms with van der Waals surface area (Å²) >= 11 is 6.17. The van der Waals surface area contributed by atoms with Crippen molar-refractivity contribution < 1.29 is 8.42 Å². The highest BCUT2D eigenvalue weighted by Gasteiger charge is 2.64. The molecule has 0 radical (unpaired) electrons. The average molecular weight is 382 g/mol.